The first-order chi connectivity index (χ1) is 12.5. The highest BCUT2D eigenvalue weighted by molar-refractivity contribution is 14.0. The van der Waals surface area contributed by atoms with E-state index in [4.69, 9.17) is 0 Å². The quantitative estimate of drug-likeness (QED) is 0.342. The van der Waals surface area contributed by atoms with Crippen LogP contribution in [0.1, 0.15) is 33.3 Å². The number of hydrogen-bond acceptors (Lipinski definition) is 4. The van der Waals surface area contributed by atoms with Crippen LogP contribution < -0.4 is 10.6 Å². The predicted molar refractivity (Wildman–Crippen MR) is 122 cm³/mol. The Kier molecular flexibility index (Phi) is 10.3. The van der Waals surface area contributed by atoms with E-state index >= 15 is 0 Å². The number of aliphatic imine (C=N–C) groups is 1. The standard InChI is InChI=1S/C19H31N7.HI/c1-15(2)25(16(3)4)12-10-22-19(20-5)23-14-17-7-9-21-18(13-17)26-11-6-8-24-26;/h6-9,11,13,15-16H,10,12,14H2,1-5H3,(H2,20,22,23);1H. The summed E-state index contributed by atoms with van der Waals surface area (Å²) in [6, 6.07) is 6.96. The molecule has 0 spiro atoms. The zero-order valence-electron chi connectivity index (χ0n) is 16.9. The predicted octanol–water partition coefficient (Wildman–Crippen LogP) is 2.67. The van der Waals surface area contributed by atoms with Crippen molar-refractivity contribution in [3.8, 4) is 5.82 Å². The van der Waals surface area contributed by atoms with Crippen LogP contribution in [0.15, 0.2) is 41.8 Å². The van der Waals surface area contributed by atoms with Crippen LogP contribution in [0.4, 0.5) is 0 Å². The number of nitrogens with one attached hydrogen (secondary N) is 2. The summed E-state index contributed by atoms with van der Waals surface area (Å²) >= 11 is 0. The van der Waals surface area contributed by atoms with E-state index in [0.29, 0.717) is 18.6 Å². The van der Waals surface area contributed by atoms with Crippen molar-refractivity contribution in [2.75, 3.05) is 20.1 Å². The van der Waals surface area contributed by atoms with Crippen LogP contribution in [0, 0.1) is 0 Å². The molecule has 2 aromatic rings. The summed E-state index contributed by atoms with van der Waals surface area (Å²) in [5, 5.41) is 11.0. The van der Waals surface area contributed by atoms with Gasteiger partial charge >= 0.3 is 0 Å². The van der Waals surface area contributed by atoms with Crippen molar-refractivity contribution >= 4 is 29.9 Å². The minimum atomic E-state index is 0. The van der Waals surface area contributed by atoms with Gasteiger partial charge in [0.1, 0.15) is 0 Å². The highest BCUT2D eigenvalue weighted by Gasteiger charge is 2.12. The van der Waals surface area contributed by atoms with E-state index in [2.05, 4.69) is 58.3 Å². The number of halogens is 1. The Hall–Kier alpha value is -1.68. The summed E-state index contributed by atoms with van der Waals surface area (Å²) < 4.78 is 1.75. The molecule has 0 aliphatic carbocycles. The summed E-state index contributed by atoms with van der Waals surface area (Å²) in [5.74, 6) is 1.61. The van der Waals surface area contributed by atoms with Gasteiger partial charge in [-0.05, 0) is 51.5 Å². The van der Waals surface area contributed by atoms with Crippen LogP contribution in [0.25, 0.3) is 5.82 Å². The number of pyridine rings is 1. The highest BCUT2D eigenvalue weighted by atomic mass is 127. The lowest BCUT2D eigenvalue weighted by Crippen LogP contribution is -2.45. The normalized spacial score (nSPS) is 11.8. The average molecular weight is 485 g/mol. The van der Waals surface area contributed by atoms with Crippen LogP contribution in [0.5, 0.6) is 0 Å². The largest absolute Gasteiger partial charge is 0.355 e. The zero-order valence-corrected chi connectivity index (χ0v) is 19.2. The fourth-order valence-electron chi connectivity index (χ4n) is 2.92. The highest BCUT2D eigenvalue weighted by Crippen LogP contribution is 2.06. The van der Waals surface area contributed by atoms with Gasteiger partial charge in [-0.1, -0.05) is 0 Å². The molecule has 0 amide bonds. The second-order valence-electron chi connectivity index (χ2n) is 6.75. The molecular weight excluding hydrogens is 453 g/mol. The molecule has 0 bridgehead atoms. The Morgan fingerprint density at radius 1 is 1.19 bits per heavy atom. The van der Waals surface area contributed by atoms with E-state index in [-0.39, 0.29) is 24.0 Å². The minimum Gasteiger partial charge on any atom is -0.355 e. The van der Waals surface area contributed by atoms with Crippen LogP contribution in [-0.4, -0.2) is 57.8 Å². The van der Waals surface area contributed by atoms with Crippen molar-refractivity contribution in [2.24, 2.45) is 4.99 Å². The van der Waals surface area contributed by atoms with E-state index in [1.807, 2.05) is 24.4 Å². The number of guanidine groups is 1. The van der Waals surface area contributed by atoms with Gasteiger partial charge in [0.25, 0.3) is 0 Å². The lowest BCUT2D eigenvalue weighted by atomic mass is 10.2. The SMILES string of the molecule is CN=C(NCCN(C(C)C)C(C)C)NCc1ccnc(-n2cccn2)c1.I. The fraction of sp³-hybridized carbons (Fsp3) is 0.526. The topological polar surface area (TPSA) is 70.4 Å². The summed E-state index contributed by atoms with van der Waals surface area (Å²) in [6.45, 7) is 11.4. The molecule has 27 heavy (non-hydrogen) atoms. The zero-order chi connectivity index (χ0) is 18.9. The molecule has 0 saturated carbocycles. The van der Waals surface area contributed by atoms with Gasteiger partial charge in [-0.3, -0.25) is 9.89 Å². The second kappa shape index (κ2) is 11.9. The monoisotopic (exact) mass is 485 g/mol. The smallest absolute Gasteiger partial charge is 0.191 e. The molecule has 0 atom stereocenters. The molecule has 7 nitrogen and oxygen atoms in total. The number of rotatable bonds is 8. The lowest BCUT2D eigenvalue weighted by Gasteiger charge is -2.30. The van der Waals surface area contributed by atoms with Crippen molar-refractivity contribution in [2.45, 2.75) is 46.3 Å². The maximum Gasteiger partial charge on any atom is 0.191 e. The Morgan fingerprint density at radius 2 is 1.93 bits per heavy atom. The molecule has 0 saturated heterocycles. The summed E-state index contributed by atoms with van der Waals surface area (Å²) in [5.41, 5.74) is 1.12. The maximum absolute atomic E-state index is 4.35. The summed E-state index contributed by atoms with van der Waals surface area (Å²) in [7, 11) is 1.79. The average Bonchev–Trinajstić information content (AvgIpc) is 3.15. The minimum absolute atomic E-state index is 0. The Labute approximate surface area is 179 Å². The number of aromatic nitrogens is 3. The summed E-state index contributed by atoms with van der Waals surface area (Å²) in [6.07, 6.45) is 5.43. The lowest BCUT2D eigenvalue weighted by molar-refractivity contribution is 0.178. The number of nitrogens with zero attached hydrogens (tertiary/aromatic N) is 5. The molecular formula is C19H32IN7. The Balaban J connectivity index is 0.00000364. The first-order valence-corrected chi connectivity index (χ1v) is 9.16. The molecule has 0 aromatic carbocycles. The molecule has 2 aromatic heterocycles. The Morgan fingerprint density at radius 3 is 2.52 bits per heavy atom. The van der Waals surface area contributed by atoms with E-state index in [1.165, 1.54) is 0 Å². The molecule has 0 unspecified atom stereocenters. The molecule has 2 N–H and O–H groups in total. The van der Waals surface area contributed by atoms with Crippen LogP contribution in [-0.2, 0) is 6.54 Å². The van der Waals surface area contributed by atoms with E-state index < -0.39 is 0 Å². The van der Waals surface area contributed by atoms with Crippen molar-refractivity contribution in [3.05, 3.63) is 42.4 Å². The van der Waals surface area contributed by atoms with Gasteiger partial charge in [-0.2, -0.15) is 5.10 Å². The van der Waals surface area contributed by atoms with Gasteiger partial charge in [0.2, 0.25) is 0 Å². The molecule has 0 aliphatic rings. The van der Waals surface area contributed by atoms with E-state index in [9.17, 15) is 0 Å². The Bertz CT molecular complexity index is 675. The number of hydrogen-bond donors (Lipinski definition) is 2. The third kappa shape index (κ3) is 7.45. The van der Waals surface area contributed by atoms with Gasteiger partial charge in [0.15, 0.2) is 11.8 Å². The van der Waals surface area contributed by atoms with E-state index in [1.54, 1.807) is 24.1 Å². The van der Waals surface area contributed by atoms with Gasteiger partial charge in [0.05, 0.1) is 0 Å². The van der Waals surface area contributed by atoms with Crippen LogP contribution >= 0.6 is 24.0 Å². The fourth-order valence-corrected chi connectivity index (χ4v) is 2.92. The maximum atomic E-state index is 4.35. The van der Waals surface area contributed by atoms with E-state index in [0.717, 1.165) is 30.4 Å². The van der Waals surface area contributed by atoms with Crippen molar-refractivity contribution < 1.29 is 0 Å². The van der Waals surface area contributed by atoms with Crippen LogP contribution in [0.2, 0.25) is 0 Å². The van der Waals surface area contributed by atoms with Gasteiger partial charge < -0.3 is 10.6 Å². The molecule has 150 valence electrons. The molecule has 2 rings (SSSR count). The molecule has 8 heteroatoms. The van der Waals surface area contributed by atoms with Gasteiger partial charge in [0, 0.05) is 57.4 Å². The van der Waals surface area contributed by atoms with Crippen molar-refractivity contribution in [1.29, 1.82) is 0 Å². The van der Waals surface area contributed by atoms with Crippen LogP contribution in [0.3, 0.4) is 0 Å². The first-order valence-electron chi connectivity index (χ1n) is 9.16. The summed E-state index contributed by atoms with van der Waals surface area (Å²) in [4.78, 5) is 11.1. The molecule has 0 aliphatic heterocycles. The molecule has 0 radical (unpaired) electrons. The second-order valence-corrected chi connectivity index (χ2v) is 6.75. The third-order valence-electron chi connectivity index (χ3n) is 4.22. The molecule has 0 fully saturated rings. The molecule has 2 heterocycles. The first kappa shape index (κ1) is 23.4. The van der Waals surface area contributed by atoms with Crippen molar-refractivity contribution in [1.82, 2.24) is 30.3 Å². The van der Waals surface area contributed by atoms with Crippen molar-refractivity contribution in [3.63, 3.8) is 0 Å². The van der Waals surface area contributed by atoms with Gasteiger partial charge in [-0.25, -0.2) is 9.67 Å². The van der Waals surface area contributed by atoms with Gasteiger partial charge in [-0.15, -0.1) is 24.0 Å². The third-order valence-corrected chi connectivity index (χ3v) is 4.22.